The van der Waals surface area contributed by atoms with Gasteiger partial charge in [0.1, 0.15) is 11.3 Å². The summed E-state index contributed by atoms with van der Waals surface area (Å²) in [5, 5.41) is 1.95. The Morgan fingerprint density at radius 3 is 2.50 bits per heavy atom. The maximum absolute atomic E-state index is 13.7. The molecule has 2 atom stereocenters. The summed E-state index contributed by atoms with van der Waals surface area (Å²) >= 11 is 1.58. The lowest BCUT2D eigenvalue weighted by Crippen LogP contribution is -2.70. The molecule has 11 heteroatoms. The summed E-state index contributed by atoms with van der Waals surface area (Å²) in [4.78, 5) is 32.9. The standard InChI is InChI=1S/C29H28F3N5O2S/c1-15-8-20(11-40-15)37-10-19(4-5-22(37)38)21-9-18(6-7-39-21)25-35-24(23-26(36-25)34-17(3)16(2)33-23)27-12-28(13-27,14-27)29(30,31)32/h4-5,8,10-11,18,21H,6-7,9,12-14H2,1-3H3/t18-,21+,27?,28?/m0/s1. The van der Waals surface area contributed by atoms with Crippen molar-refractivity contribution in [3.8, 4) is 5.69 Å². The van der Waals surface area contributed by atoms with Gasteiger partial charge in [0.25, 0.3) is 5.56 Å². The summed E-state index contributed by atoms with van der Waals surface area (Å²) in [6, 6.07) is 5.33. The molecule has 4 aromatic rings. The molecule has 4 aliphatic rings. The number of nitrogens with zero attached hydrogens (tertiary/aromatic N) is 5. The third-order valence-corrected chi connectivity index (χ3v) is 9.89. The highest BCUT2D eigenvalue weighted by Crippen LogP contribution is 2.78. The predicted octanol–water partition coefficient (Wildman–Crippen LogP) is 6.18. The molecule has 4 fully saturated rings. The molecule has 0 N–H and O–H groups in total. The number of aryl methyl sites for hydroxylation is 3. The summed E-state index contributed by atoms with van der Waals surface area (Å²) in [5.74, 6) is 0.513. The maximum Gasteiger partial charge on any atom is 0.394 e. The number of ether oxygens (including phenoxy) is 1. The largest absolute Gasteiger partial charge is 0.394 e. The molecule has 4 aromatic heterocycles. The summed E-state index contributed by atoms with van der Waals surface area (Å²) in [7, 11) is 0. The summed E-state index contributed by atoms with van der Waals surface area (Å²) in [6.07, 6.45) is -1.24. The fourth-order valence-electron chi connectivity index (χ4n) is 6.74. The summed E-state index contributed by atoms with van der Waals surface area (Å²) in [5.41, 5.74) is 2.41. The van der Waals surface area contributed by atoms with Crippen molar-refractivity contribution in [3.63, 3.8) is 0 Å². The van der Waals surface area contributed by atoms with Gasteiger partial charge in [0.05, 0.1) is 34.3 Å². The molecule has 7 nitrogen and oxygen atoms in total. The number of fused-ring (bicyclic) bond motifs is 1. The predicted molar refractivity (Wildman–Crippen MR) is 144 cm³/mol. The second-order valence-corrected chi connectivity index (χ2v) is 12.9. The van der Waals surface area contributed by atoms with Gasteiger partial charge in [-0.2, -0.15) is 13.2 Å². The van der Waals surface area contributed by atoms with E-state index in [-0.39, 0.29) is 36.8 Å². The van der Waals surface area contributed by atoms with Crippen molar-refractivity contribution < 1.29 is 17.9 Å². The first-order valence-corrected chi connectivity index (χ1v) is 14.3. The van der Waals surface area contributed by atoms with Crippen LogP contribution >= 0.6 is 11.3 Å². The zero-order chi connectivity index (χ0) is 28.0. The van der Waals surface area contributed by atoms with Crippen LogP contribution in [0, 0.1) is 26.2 Å². The van der Waals surface area contributed by atoms with Gasteiger partial charge in [0.2, 0.25) is 0 Å². The first-order valence-electron chi connectivity index (χ1n) is 13.5. The second-order valence-electron chi connectivity index (χ2n) is 11.8. The Morgan fingerprint density at radius 2 is 1.80 bits per heavy atom. The highest BCUT2D eigenvalue weighted by Gasteiger charge is 2.79. The average Bonchev–Trinajstić information content (AvgIpc) is 3.28. The van der Waals surface area contributed by atoms with Gasteiger partial charge < -0.3 is 4.74 Å². The minimum atomic E-state index is -4.20. The molecule has 5 heterocycles. The van der Waals surface area contributed by atoms with Crippen molar-refractivity contribution in [3.05, 3.63) is 73.5 Å². The third kappa shape index (κ3) is 3.84. The fraction of sp³-hybridized carbons (Fsp3) is 0.483. The van der Waals surface area contributed by atoms with Crippen LogP contribution in [0.1, 0.15) is 77.5 Å². The molecule has 1 aliphatic heterocycles. The van der Waals surface area contributed by atoms with Crippen molar-refractivity contribution in [2.24, 2.45) is 5.41 Å². The quantitative estimate of drug-likeness (QED) is 0.293. The summed E-state index contributed by atoms with van der Waals surface area (Å²) in [6.45, 7) is 6.18. The third-order valence-electron chi connectivity index (χ3n) is 9.04. The highest BCUT2D eigenvalue weighted by molar-refractivity contribution is 7.10. The Kier molecular flexibility index (Phi) is 5.58. The number of pyridine rings is 1. The van der Waals surface area contributed by atoms with E-state index >= 15 is 0 Å². The van der Waals surface area contributed by atoms with Crippen LogP contribution < -0.4 is 5.56 Å². The van der Waals surface area contributed by atoms with Crippen LogP contribution in [0.4, 0.5) is 13.2 Å². The lowest BCUT2D eigenvalue weighted by Gasteiger charge is -2.70. The molecule has 40 heavy (non-hydrogen) atoms. The zero-order valence-corrected chi connectivity index (χ0v) is 23.2. The molecule has 3 saturated carbocycles. The van der Waals surface area contributed by atoms with Crippen LogP contribution in [0.15, 0.2) is 34.6 Å². The molecule has 0 radical (unpaired) electrons. The molecule has 0 unspecified atom stereocenters. The van der Waals surface area contributed by atoms with Crippen molar-refractivity contribution in [2.45, 2.75) is 76.5 Å². The first-order chi connectivity index (χ1) is 19.0. The highest BCUT2D eigenvalue weighted by atomic mass is 32.1. The van der Waals surface area contributed by atoms with Crippen molar-refractivity contribution in [2.75, 3.05) is 6.61 Å². The lowest BCUT2D eigenvalue weighted by atomic mass is 9.34. The van der Waals surface area contributed by atoms with E-state index in [9.17, 15) is 18.0 Å². The van der Waals surface area contributed by atoms with Crippen LogP contribution in [0.3, 0.4) is 0 Å². The number of aromatic nitrogens is 5. The minimum Gasteiger partial charge on any atom is -0.373 e. The number of alkyl halides is 3. The molecular weight excluding hydrogens is 539 g/mol. The second kappa shape index (κ2) is 8.66. The smallest absolute Gasteiger partial charge is 0.373 e. The number of hydrogen-bond donors (Lipinski definition) is 0. The van der Waals surface area contributed by atoms with Crippen LogP contribution in [-0.4, -0.2) is 37.3 Å². The van der Waals surface area contributed by atoms with Gasteiger partial charge in [-0.25, -0.2) is 19.9 Å². The molecule has 8 rings (SSSR count). The molecule has 1 saturated heterocycles. The first kappa shape index (κ1) is 25.8. The Balaban J connectivity index is 1.24. The zero-order valence-electron chi connectivity index (χ0n) is 22.4. The van der Waals surface area contributed by atoms with Crippen LogP contribution in [0.5, 0.6) is 0 Å². The number of rotatable bonds is 4. The topological polar surface area (TPSA) is 82.8 Å². The van der Waals surface area contributed by atoms with Gasteiger partial charge in [-0.1, -0.05) is 0 Å². The Labute approximate surface area is 232 Å². The van der Waals surface area contributed by atoms with E-state index in [1.807, 2.05) is 38.4 Å². The van der Waals surface area contributed by atoms with Gasteiger partial charge >= 0.3 is 6.18 Å². The van der Waals surface area contributed by atoms with Crippen molar-refractivity contribution >= 4 is 22.5 Å². The Morgan fingerprint density at radius 1 is 1.05 bits per heavy atom. The van der Waals surface area contributed by atoms with Gasteiger partial charge in [-0.05, 0) is 70.6 Å². The van der Waals surface area contributed by atoms with E-state index in [0.717, 1.165) is 27.5 Å². The number of thiophene rings is 1. The van der Waals surface area contributed by atoms with E-state index < -0.39 is 17.0 Å². The Bertz CT molecular complexity index is 1710. The molecule has 2 bridgehead atoms. The van der Waals surface area contributed by atoms with E-state index in [4.69, 9.17) is 19.7 Å². The molecule has 208 valence electrons. The van der Waals surface area contributed by atoms with Gasteiger partial charge in [-0.15, -0.1) is 11.3 Å². The van der Waals surface area contributed by atoms with Gasteiger partial charge in [0.15, 0.2) is 5.65 Å². The molecule has 0 amide bonds. The number of halogens is 3. The van der Waals surface area contributed by atoms with Crippen LogP contribution in [0.25, 0.3) is 16.9 Å². The molecular formula is C29H28F3N5O2S. The van der Waals surface area contributed by atoms with Crippen molar-refractivity contribution in [1.82, 2.24) is 24.5 Å². The van der Waals surface area contributed by atoms with Gasteiger partial charge in [-0.3, -0.25) is 9.36 Å². The average molecular weight is 568 g/mol. The fourth-order valence-corrected chi connectivity index (χ4v) is 7.41. The van der Waals surface area contributed by atoms with Gasteiger partial charge in [0, 0.05) is 40.5 Å². The summed E-state index contributed by atoms with van der Waals surface area (Å²) < 4.78 is 48.8. The van der Waals surface area contributed by atoms with E-state index in [2.05, 4.69) is 4.98 Å². The van der Waals surface area contributed by atoms with E-state index in [1.54, 1.807) is 28.0 Å². The molecule has 3 aliphatic carbocycles. The van der Waals surface area contributed by atoms with E-state index in [1.165, 1.54) is 0 Å². The number of hydrogen-bond acceptors (Lipinski definition) is 7. The monoisotopic (exact) mass is 567 g/mol. The lowest BCUT2D eigenvalue weighted by molar-refractivity contribution is -0.337. The normalized spacial score (nSPS) is 27.9. The Hall–Kier alpha value is -3.18. The minimum absolute atomic E-state index is 0.0453. The maximum atomic E-state index is 13.7. The SMILES string of the molecule is Cc1cc(-n2cc([C@H]3C[C@@H](c4nc(C56CC(C(F)(F)F)(C5)C6)c5nc(C)c(C)nc5n4)CCO3)ccc2=O)cs1. The van der Waals surface area contributed by atoms with E-state index in [0.29, 0.717) is 42.1 Å². The van der Waals surface area contributed by atoms with Crippen molar-refractivity contribution in [1.29, 1.82) is 0 Å². The molecule has 0 aromatic carbocycles. The molecule has 0 spiro atoms. The van der Waals surface area contributed by atoms with Crippen LogP contribution in [0.2, 0.25) is 0 Å². The van der Waals surface area contributed by atoms with Crippen LogP contribution in [-0.2, 0) is 10.2 Å².